The lowest BCUT2D eigenvalue weighted by Gasteiger charge is -2.25. The summed E-state index contributed by atoms with van der Waals surface area (Å²) in [5.74, 6) is 0. The van der Waals surface area contributed by atoms with E-state index in [0.717, 1.165) is 6.54 Å². The molecule has 0 bridgehead atoms. The van der Waals surface area contributed by atoms with Gasteiger partial charge in [-0.15, -0.1) is 0 Å². The van der Waals surface area contributed by atoms with Gasteiger partial charge in [-0.05, 0) is 26.7 Å². The molecular formula is C12H21N3O. The normalized spacial score (nSPS) is 16.7. The monoisotopic (exact) mass is 223 g/mol. The SMILES string of the molecule is COCC(C)(C)NCc1cncn1C1CC1. The first-order chi connectivity index (χ1) is 7.62. The van der Waals surface area contributed by atoms with Crippen LogP contribution in [0.2, 0.25) is 0 Å². The van der Waals surface area contributed by atoms with Crippen molar-refractivity contribution in [2.75, 3.05) is 13.7 Å². The maximum atomic E-state index is 5.18. The van der Waals surface area contributed by atoms with Gasteiger partial charge < -0.3 is 14.6 Å². The Kier molecular flexibility index (Phi) is 3.30. The molecule has 0 atom stereocenters. The van der Waals surface area contributed by atoms with Crippen LogP contribution in [0.25, 0.3) is 0 Å². The van der Waals surface area contributed by atoms with Crippen molar-refractivity contribution in [3.05, 3.63) is 18.2 Å². The predicted octanol–water partition coefficient (Wildman–Crippen LogP) is 1.73. The van der Waals surface area contributed by atoms with E-state index in [9.17, 15) is 0 Å². The van der Waals surface area contributed by atoms with E-state index in [1.54, 1.807) is 7.11 Å². The smallest absolute Gasteiger partial charge is 0.0951 e. The van der Waals surface area contributed by atoms with Crippen LogP contribution in [0, 0.1) is 0 Å². The zero-order valence-electron chi connectivity index (χ0n) is 10.4. The molecule has 1 aromatic rings. The van der Waals surface area contributed by atoms with Crippen molar-refractivity contribution >= 4 is 0 Å². The Morgan fingerprint density at radius 1 is 1.56 bits per heavy atom. The van der Waals surface area contributed by atoms with Crippen LogP contribution in [0.4, 0.5) is 0 Å². The van der Waals surface area contributed by atoms with Crippen LogP contribution in [0.3, 0.4) is 0 Å². The lowest BCUT2D eigenvalue weighted by atomic mass is 10.1. The number of aromatic nitrogens is 2. The van der Waals surface area contributed by atoms with Crippen molar-refractivity contribution in [3.8, 4) is 0 Å². The summed E-state index contributed by atoms with van der Waals surface area (Å²) in [5.41, 5.74) is 1.28. The zero-order chi connectivity index (χ0) is 11.6. The predicted molar refractivity (Wildman–Crippen MR) is 63.3 cm³/mol. The average molecular weight is 223 g/mol. The molecule has 1 heterocycles. The van der Waals surface area contributed by atoms with Gasteiger partial charge in [-0.3, -0.25) is 0 Å². The molecule has 0 aromatic carbocycles. The number of nitrogens with one attached hydrogen (secondary N) is 1. The quantitative estimate of drug-likeness (QED) is 0.798. The summed E-state index contributed by atoms with van der Waals surface area (Å²) in [6.07, 6.45) is 6.49. The van der Waals surface area contributed by atoms with Crippen molar-refractivity contribution in [1.29, 1.82) is 0 Å². The van der Waals surface area contributed by atoms with Gasteiger partial charge in [0.05, 0.1) is 18.6 Å². The number of imidazole rings is 1. The highest BCUT2D eigenvalue weighted by molar-refractivity contribution is 5.04. The van der Waals surface area contributed by atoms with E-state index in [-0.39, 0.29) is 5.54 Å². The number of hydrogen-bond acceptors (Lipinski definition) is 3. The third-order valence-electron chi connectivity index (χ3n) is 2.94. The van der Waals surface area contributed by atoms with Crippen molar-refractivity contribution in [3.63, 3.8) is 0 Å². The fourth-order valence-electron chi connectivity index (χ4n) is 1.89. The van der Waals surface area contributed by atoms with Crippen LogP contribution in [-0.4, -0.2) is 28.8 Å². The second-order valence-electron chi connectivity index (χ2n) is 5.19. The molecule has 2 rings (SSSR count). The summed E-state index contributed by atoms with van der Waals surface area (Å²) < 4.78 is 7.47. The van der Waals surface area contributed by atoms with E-state index in [1.807, 2.05) is 12.5 Å². The minimum absolute atomic E-state index is 0.00734. The van der Waals surface area contributed by atoms with Gasteiger partial charge >= 0.3 is 0 Å². The van der Waals surface area contributed by atoms with Crippen molar-refractivity contribution in [1.82, 2.24) is 14.9 Å². The van der Waals surface area contributed by atoms with Crippen LogP contribution in [-0.2, 0) is 11.3 Å². The summed E-state index contributed by atoms with van der Waals surface area (Å²) >= 11 is 0. The van der Waals surface area contributed by atoms with Crippen molar-refractivity contribution in [2.45, 2.75) is 44.8 Å². The molecule has 0 unspecified atom stereocenters. The van der Waals surface area contributed by atoms with E-state index in [0.29, 0.717) is 12.6 Å². The highest BCUT2D eigenvalue weighted by atomic mass is 16.5. The highest BCUT2D eigenvalue weighted by Crippen LogP contribution is 2.35. The van der Waals surface area contributed by atoms with Crippen LogP contribution < -0.4 is 5.32 Å². The van der Waals surface area contributed by atoms with Crippen LogP contribution in [0.15, 0.2) is 12.5 Å². The second kappa shape index (κ2) is 4.55. The zero-order valence-corrected chi connectivity index (χ0v) is 10.4. The summed E-state index contributed by atoms with van der Waals surface area (Å²) in [6, 6.07) is 0.699. The molecule has 1 fully saturated rings. The molecule has 0 spiro atoms. The molecule has 0 aliphatic heterocycles. The third-order valence-corrected chi connectivity index (χ3v) is 2.94. The number of ether oxygens (including phenoxy) is 1. The Morgan fingerprint density at radius 2 is 2.31 bits per heavy atom. The molecule has 1 aliphatic rings. The summed E-state index contributed by atoms with van der Waals surface area (Å²) in [7, 11) is 1.73. The van der Waals surface area contributed by atoms with Crippen LogP contribution >= 0.6 is 0 Å². The van der Waals surface area contributed by atoms with E-state index >= 15 is 0 Å². The van der Waals surface area contributed by atoms with Gasteiger partial charge in [0.15, 0.2) is 0 Å². The third kappa shape index (κ3) is 2.83. The lowest BCUT2D eigenvalue weighted by Crippen LogP contribution is -2.43. The van der Waals surface area contributed by atoms with Gasteiger partial charge in [-0.25, -0.2) is 4.98 Å². The van der Waals surface area contributed by atoms with Crippen LogP contribution in [0.1, 0.15) is 38.4 Å². The number of rotatable bonds is 6. The molecule has 0 saturated heterocycles. The standard InChI is InChI=1S/C12H21N3O/c1-12(2,8-16-3)14-7-11-6-13-9-15(11)10-4-5-10/h6,9-10,14H,4-5,7-8H2,1-3H3. The van der Waals surface area contributed by atoms with Crippen molar-refractivity contribution < 1.29 is 4.74 Å². The van der Waals surface area contributed by atoms with Gasteiger partial charge in [-0.2, -0.15) is 0 Å². The Morgan fingerprint density at radius 3 is 2.94 bits per heavy atom. The van der Waals surface area contributed by atoms with E-state index in [1.165, 1.54) is 18.5 Å². The summed E-state index contributed by atoms with van der Waals surface area (Å²) in [6.45, 7) is 5.86. The molecule has 1 aliphatic carbocycles. The molecule has 0 radical (unpaired) electrons. The van der Waals surface area contributed by atoms with Crippen LogP contribution in [0.5, 0.6) is 0 Å². The minimum atomic E-state index is 0.00734. The first kappa shape index (κ1) is 11.6. The number of nitrogens with zero attached hydrogens (tertiary/aromatic N) is 2. The van der Waals surface area contributed by atoms with Gasteiger partial charge in [0.2, 0.25) is 0 Å². The molecular weight excluding hydrogens is 202 g/mol. The Bertz CT molecular complexity index is 342. The van der Waals surface area contributed by atoms with Gasteiger partial charge in [-0.1, -0.05) is 0 Å². The van der Waals surface area contributed by atoms with E-state index in [2.05, 4.69) is 28.7 Å². The Hall–Kier alpha value is -0.870. The minimum Gasteiger partial charge on any atom is -0.383 e. The molecule has 1 saturated carbocycles. The maximum absolute atomic E-state index is 5.18. The first-order valence-corrected chi connectivity index (χ1v) is 5.87. The van der Waals surface area contributed by atoms with Gasteiger partial charge in [0.1, 0.15) is 0 Å². The fourth-order valence-corrected chi connectivity index (χ4v) is 1.89. The molecule has 16 heavy (non-hydrogen) atoms. The Labute approximate surface area is 97.0 Å². The lowest BCUT2D eigenvalue weighted by molar-refractivity contribution is 0.127. The molecule has 90 valence electrons. The summed E-state index contributed by atoms with van der Waals surface area (Å²) in [4.78, 5) is 4.22. The maximum Gasteiger partial charge on any atom is 0.0951 e. The molecule has 0 amide bonds. The van der Waals surface area contributed by atoms with E-state index in [4.69, 9.17) is 4.74 Å². The molecule has 4 nitrogen and oxygen atoms in total. The average Bonchev–Trinajstić information content (AvgIpc) is 2.95. The van der Waals surface area contributed by atoms with Gasteiger partial charge in [0.25, 0.3) is 0 Å². The van der Waals surface area contributed by atoms with Crippen molar-refractivity contribution in [2.24, 2.45) is 0 Å². The molecule has 1 aromatic heterocycles. The van der Waals surface area contributed by atoms with E-state index < -0.39 is 0 Å². The largest absolute Gasteiger partial charge is 0.383 e. The fraction of sp³-hybridized carbons (Fsp3) is 0.750. The van der Waals surface area contributed by atoms with Gasteiger partial charge in [0, 0.05) is 31.4 Å². The highest BCUT2D eigenvalue weighted by Gasteiger charge is 2.25. The molecule has 4 heteroatoms. The topological polar surface area (TPSA) is 39.1 Å². The number of hydrogen-bond donors (Lipinski definition) is 1. The molecule has 1 N–H and O–H groups in total. The first-order valence-electron chi connectivity index (χ1n) is 5.87. The summed E-state index contributed by atoms with van der Waals surface area (Å²) in [5, 5.41) is 3.50. The Balaban J connectivity index is 1.91. The number of methoxy groups -OCH3 is 1. The second-order valence-corrected chi connectivity index (χ2v) is 5.19.